The molecule has 0 radical (unpaired) electrons. The average Bonchev–Trinajstić information content (AvgIpc) is 2.56. The number of esters is 2. The summed E-state index contributed by atoms with van der Waals surface area (Å²) >= 11 is 4.32. The number of carbonyl (C=O) groups excluding carboxylic acids is 2. The Morgan fingerprint density at radius 2 is 1.17 bits per heavy atom. The van der Waals surface area contributed by atoms with Gasteiger partial charge in [-0.05, 0) is 95.4 Å². The normalized spacial score (nSPS) is 9.50. The van der Waals surface area contributed by atoms with E-state index in [4.69, 9.17) is 9.47 Å². The second-order valence-electron chi connectivity index (χ2n) is 4.46. The highest BCUT2D eigenvalue weighted by atomic mass is 127. The van der Waals surface area contributed by atoms with Gasteiger partial charge in [0.15, 0.2) is 0 Å². The molecule has 0 spiro atoms. The highest BCUT2D eigenvalue weighted by molar-refractivity contribution is 14.1. The van der Waals surface area contributed by atoms with Crippen LogP contribution in [0.3, 0.4) is 0 Å². The molecule has 0 aliphatic heterocycles. The van der Waals surface area contributed by atoms with Crippen LogP contribution in [0.2, 0.25) is 0 Å². The van der Waals surface area contributed by atoms with Gasteiger partial charge in [0.1, 0.15) is 0 Å². The van der Waals surface area contributed by atoms with Crippen molar-refractivity contribution >= 4 is 57.1 Å². The maximum Gasteiger partial charge on any atom is 0.338 e. The van der Waals surface area contributed by atoms with Gasteiger partial charge >= 0.3 is 11.9 Å². The lowest BCUT2D eigenvalue weighted by molar-refractivity contribution is 0.0516. The molecule has 0 saturated heterocycles. The Kier molecular flexibility index (Phi) is 9.92. The van der Waals surface area contributed by atoms with Crippen LogP contribution in [-0.4, -0.2) is 25.2 Å². The van der Waals surface area contributed by atoms with Gasteiger partial charge in [-0.15, -0.1) is 0 Å². The van der Waals surface area contributed by atoms with E-state index in [-0.39, 0.29) is 11.9 Å². The Hall–Kier alpha value is -1.16. The van der Waals surface area contributed by atoms with E-state index in [9.17, 15) is 9.59 Å². The maximum absolute atomic E-state index is 11.2. The van der Waals surface area contributed by atoms with Gasteiger partial charge in [-0.25, -0.2) is 9.59 Å². The minimum Gasteiger partial charge on any atom is -0.462 e. The number of rotatable bonds is 4. The average molecular weight is 552 g/mol. The molecule has 0 aliphatic rings. The van der Waals surface area contributed by atoms with Gasteiger partial charge in [-0.2, -0.15) is 0 Å². The van der Waals surface area contributed by atoms with Gasteiger partial charge in [-0.1, -0.05) is 12.1 Å². The fourth-order valence-corrected chi connectivity index (χ4v) is 2.75. The molecule has 0 N–H and O–H groups in total. The first-order valence-corrected chi connectivity index (χ1v) is 9.49. The number of benzene rings is 2. The van der Waals surface area contributed by atoms with Crippen LogP contribution in [0.4, 0.5) is 0 Å². The number of ether oxygens (including phenoxy) is 2. The lowest BCUT2D eigenvalue weighted by atomic mass is 10.2. The zero-order valence-electron chi connectivity index (χ0n) is 13.4. The van der Waals surface area contributed by atoms with E-state index in [2.05, 4.69) is 45.2 Å². The van der Waals surface area contributed by atoms with Crippen LogP contribution >= 0.6 is 45.2 Å². The number of carbonyl (C=O) groups is 2. The molecular formula is C18H18I2O4. The Bertz CT molecular complexity index is 627. The van der Waals surface area contributed by atoms with Crippen LogP contribution in [0.1, 0.15) is 34.6 Å². The molecular weight excluding hydrogens is 534 g/mol. The molecule has 2 rings (SSSR count). The molecule has 2 aromatic rings. The van der Waals surface area contributed by atoms with E-state index in [0.717, 1.165) is 7.14 Å². The van der Waals surface area contributed by atoms with Crippen molar-refractivity contribution in [3.63, 3.8) is 0 Å². The van der Waals surface area contributed by atoms with Crippen molar-refractivity contribution in [2.24, 2.45) is 0 Å². The molecule has 0 fully saturated rings. The van der Waals surface area contributed by atoms with Gasteiger partial charge < -0.3 is 9.47 Å². The minimum absolute atomic E-state index is 0.254. The summed E-state index contributed by atoms with van der Waals surface area (Å²) in [7, 11) is 0. The topological polar surface area (TPSA) is 52.6 Å². The molecule has 128 valence electrons. The third-order valence-corrected chi connectivity index (χ3v) is 4.01. The van der Waals surface area contributed by atoms with Gasteiger partial charge in [-0.3, -0.25) is 0 Å². The first kappa shape index (κ1) is 20.9. The largest absolute Gasteiger partial charge is 0.462 e. The van der Waals surface area contributed by atoms with Crippen LogP contribution in [-0.2, 0) is 9.47 Å². The molecule has 6 heteroatoms. The Balaban J connectivity index is 0.000000240. The predicted molar refractivity (Wildman–Crippen MR) is 110 cm³/mol. The van der Waals surface area contributed by atoms with E-state index in [1.807, 2.05) is 24.3 Å². The van der Waals surface area contributed by atoms with Gasteiger partial charge in [0.2, 0.25) is 0 Å². The molecule has 0 saturated carbocycles. The number of hydrogen-bond acceptors (Lipinski definition) is 4. The molecule has 0 unspecified atom stereocenters. The lowest BCUT2D eigenvalue weighted by Crippen LogP contribution is -2.04. The number of hydrogen-bond donors (Lipinski definition) is 0. The van der Waals surface area contributed by atoms with E-state index >= 15 is 0 Å². The quantitative estimate of drug-likeness (QED) is 0.399. The number of halogens is 2. The molecule has 24 heavy (non-hydrogen) atoms. The summed E-state index contributed by atoms with van der Waals surface area (Å²) in [6, 6.07) is 14.7. The van der Waals surface area contributed by atoms with E-state index in [1.165, 1.54) is 0 Å². The summed E-state index contributed by atoms with van der Waals surface area (Å²) in [5.41, 5.74) is 1.23. The molecule has 0 heterocycles. The summed E-state index contributed by atoms with van der Waals surface area (Å²) in [4.78, 5) is 22.3. The van der Waals surface area contributed by atoms with Crippen LogP contribution in [0, 0.1) is 7.14 Å². The lowest BCUT2D eigenvalue weighted by Gasteiger charge is -2.00. The maximum atomic E-state index is 11.2. The SMILES string of the molecule is CCOC(=O)c1cccc(I)c1.CCOC(=O)c1cccc(I)c1. The Morgan fingerprint density at radius 1 is 0.792 bits per heavy atom. The fraction of sp³-hybridized carbons (Fsp3) is 0.222. The Morgan fingerprint density at radius 3 is 1.46 bits per heavy atom. The van der Waals surface area contributed by atoms with Crippen LogP contribution < -0.4 is 0 Å². The summed E-state index contributed by atoms with van der Waals surface area (Å²) in [5, 5.41) is 0. The fourth-order valence-electron chi connectivity index (χ4n) is 1.66. The summed E-state index contributed by atoms with van der Waals surface area (Å²) in [5.74, 6) is -0.507. The standard InChI is InChI=1S/2C9H9IO2/c2*1-2-12-9(11)7-4-3-5-8(10)6-7/h2*3-6H,2H2,1H3. The summed E-state index contributed by atoms with van der Waals surface area (Å²) < 4.78 is 11.8. The van der Waals surface area contributed by atoms with Gasteiger partial charge in [0.25, 0.3) is 0 Å². The first-order valence-electron chi connectivity index (χ1n) is 7.33. The van der Waals surface area contributed by atoms with E-state index in [0.29, 0.717) is 24.3 Å². The highest BCUT2D eigenvalue weighted by Gasteiger charge is 2.05. The van der Waals surface area contributed by atoms with Crippen LogP contribution in [0.5, 0.6) is 0 Å². The molecule has 4 nitrogen and oxygen atoms in total. The zero-order chi connectivity index (χ0) is 17.9. The molecule has 0 aliphatic carbocycles. The molecule has 2 aromatic carbocycles. The van der Waals surface area contributed by atoms with E-state index in [1.54, 1.807) is 38.1 Å². The van der Waals surface area contributed by atoms with Crippen LogP contribution in [0.25, 0.3) is 0 Å². The summed E-state index contributed by atoms with van der Waals surface area (Å²) in [6.07, 6.45) is 0. The summed E-state index contributed by atoms with van der Waals surface area (Å²) in [6.45, 7) is 4.44. The van der Waals surface area contributed by atoms with Crippen molar-refractivity contribution < 1.29 is 19.1 Å². The monoisotopic (exact) mass is 552 g/mol. The molecule has 0 amide bonds. The van der Waals surface area contributed by atoms with Gasteiger partial charge in [0, 0.05) is 7.14 Å². The molecule has 0 bridgehead atoms. The van der Waals surface area contributed by atoms with Crippen molar-refractivity contribution in [3.05, 3.63) is 66.8 Å². The van der Waals surface area contributed by atoms with Crippen molar-refractivity contribution in [3.8, 4) is 0 Å². The Labute approximate surface area is 169 Å². The second-order valence-corrected chi connectivity index (χ2v) is 6.95. The molecule has 0 atom stereocenters. The third-order valence-electron chi connectivity index (χ3n) is 2.67. The van der Waals surface area contributed by atoms with E-state index < -0.39 is 0 Å². The smallest absolute Gasteiger partial charge is 0.338 e. The second kappa shape index (κ2) is 11.4. The van der Waals surface area contributed by atoms with Crippen LogP contribution in [0.15, 0.2) is 48.5 Å². The minimum atomic E-state index is -0.254. The highest BCUT2D eigenvalue weighted by Crippen LogP contribution is 2.09. The molecule has 0 aromatic heterocycles. The van der Waals surface area contributed by atoms with Crippen molar-refractivity contribution in [1.29, 1.82) is 0 Å². The zero-order valence-corrected chi connectivity index (χ0v) is 17.7. The van der Waals surface area contributed by atoms with Crippen molar-refractivity contribution in [1.82, 2.24) is 0 Å². The first-order chi connectivity index (χ1) is 11.5. The van der Waals surface area contributed by atoms with Crippen molar-refractivity contribution in [2.45, 2.75) is 13.8 Å². The van der Waals surface area contributed by atoms with Gasteiger partial charge in [0.05, 0.1) is 24.3 Å². The third kappa shape index (κ3) is 7.61. The van der Waals surface area contributed by atoms with Crippen molar-refractivity contribution in [2.75, 3.05) is 13.2 Å². The predicted octanol–water partition coefficient (Wildman–Crippen LogP) is 4.94.